The first kappa shape index (κ1) is 21.2. The molecule has 0 atom stereocenters. The molecule has 1 amide bonds. The Morgan fingerprint density at radius 2 is 1.97 bits per heavy atom. The van der Waals surface area contributed by atoms with Crippen molar-refractivity contribution < 1.29 is 23.5 Å². The Morgan fingerprint density at radius 1 is 1.13 bits per heavy atom. The maximum absolute atomic E-state index is 13.3. The van der Waals surface area contributed by atoms with Crippen LogP contribution in [0, 0.1) is 0 Å². The Balaban J connectivity index is 1.49. The molecular weight excluding hydrogens is 394 g/mol. The van der Waals surface area contributed by atoms with Gasteiger partial charge >= 0.3 is 0 Å². The SMILES string of the molecule is CCCCCCOc1ccccc1CN(C(=O)c1cc(-c2ccco2)co1)C1(O)CC1. The molecule has 6 nitrogen and oxygen atoms in total. The van der Waals surface area contributed by atoms with Crippen LogP contribution in [0.4, 0.5) is 0 Å². The summed E-state index contributed by atoms with van der Waals surface area (Å²) in [5.74, 6) is 1.19. The molecule has 1 aliphatic carbocycles. The average molecular weight is 424 g/mol. The van der Waals surface area contributed by atoms with Crippen molar-refractivity contribution in [1.82, 2.24) is 4.90 Å². The van der Waals surface area contributed by atoms with Crippen LogP contribution in [0.5, 0.6) is 5.75 Å². The van der Waals surface area contributed by atoms with Crippen LogP contribution in [-0.4, -0.2) is 28.2 Å². The van der Waals surface area contributed by atoms with Crippen molar-refractivity contribution in [2.75, 3.05) is 6.61 Å². The lowest BCUT2D eigenvalue weighted by molar-refractivity contribution is -0.0168. The van der Waals surface area contributed by atoms with E-state index in [2.05, 4.69) is 6.92 Å². The van der Waals surface area contributed by atoms with Crippen molar-refractivity contribution in [3.8, 4) is 17.1 Å². The Labute approximate surface area is 182 Å². The van der Waals surface area contributed by atoms with Crippen LogP contribution in [0.2, 0.25) is 0 Å². The first-order chi connectivity index (χ1) is 15.1. The molecule has 4 rings (SSSR count). The summed E-state index contributed by atoms with van der Waals surface area (Å²) < 4.78 is 16.9. The fourth-order valence-electron chi connectivity index (χ4n) is 3.60. The molecule has 1 aliphatic rings. The van der Waals surface area contributed by atoms with Crippen LogP contribution >= 0.6 is 0 Å². The highest BCUT2D eigenvalue weighted by atomic mass is 16.5. The normalized spacial score (nSPS) is 14.4. The third-order valence-electron chi connectivity index (χ3n) is 5.62. The van der Waals surface area contributed by atoms with Gasteiger partial charge in [-0.3, -0.25) is 4.79 Å². The predicted octanol–water partition coefficient (Wildman–Crippen LogP) is 5.62. The van der Waals surface area contributed by atoms with Gasteiger partial charge in [-0.25, -0.2) is 0 Å². The molecular formula is C25H29NO5. The number of unbranched alkanes of at least 4 members (excludes halogenated alkanes) is 3. The number of aliphatic hydroxyl groups is 1. The second kappa shape index (κ2) is 9.43. The molecule has 164 valence electrons. The predicted molar refractivity (Wildman–Crippen MR) is 117 cm³/mol. The number of carbonyl (C=O) groups excluding carboxylic acids is 1. The lowest BCUT2D eigenvalue weighted by Gasteiger charge is -2.28. The summed E-state index contributed by atoms with van der Waals surface area (Å²) in [4.78, 5) is 14.7. The molecule has 0 spiro atoms. The van der Waals surface area contributed by atoms with Crippen molar-refractivity contribution in [1.29, 1.82) is 0 Å². The van der Waals surface area contributed by atoms with E-state index in [9.17, 15) is 9.90 Å². The van der Waals surface area contributed by atoms with Gasteiger partial charge in [-0.05, 0) is 37.5 Å². The number of furan rings is 2. The van der Waals surface area contributed by atoms with Crippen molar-refractivity contribution in [2.24, 2.45) is 0 Å². The summed E-state index contributed by atoms with van der Waals surface area (Å²) in [5.41, 5.74) is 0.402. The lowest BCUT2D eigenvalue weighted by Crippen LogP contribution is -2.41. The molecule has 31 heavy (non-hydrogen) atoms. The molecule has 0 saturated heterocycles. The maximum atomic E-state index is 13.3. The van der Waals surface area contributed by atoms with E-state index < -0.39 is 5.72 Å². The van der Waals surface area contributed by atoms with E-state index in [1.54, 1.807) is 24.5 Å². The number of amides is 1. The van der Waals surface area contributed by atoms with Gasteiger partial charge in [0.15, 0.2) is 5.76 Å². The number of rotatable bonds is 11. The Hall–Kier alpha value is -2.99. The van der Waals surface area contributed by atoms with Gasteiger partial charge in [0, 0.05) is 11.6 Å². The van der Waals surface area contributed by atoms with Crippen LogP contribution in [-0.2, 0) is 6.54 Å². The molecule has 0 bridgehead atoms. The summed E-state index contributed by atoms with van der Waals surface area (Å²) in [6.45, 7) is 3.07. The smallest absolute Gasteiger partial charge is 0.292 e. The molecule has 0 radical (unpaired) electrons. The van der Waals surface area contributed by atoms with E-state index in [1.165, 1.54) is 24.0 Å². The van der Waals surface area contributed by atoms with E-state index in [0.717, 1.165) is 24.2 Å². The number of hydrogen-bond donors (Lipinski definition) is 1. The van der Waals surface area contributed by atoms with Crippen molar-refractivity contribution in [3.63, 3.8) is 0 Å². The Bertz CT molecular complexity index is 987. The van der Waals surface area contributed by atoms with Crippen molar-refractivity contribution in [2.45, 2.75) is 57.7 Å². The Kier molecular flexibility index (Phi) is 6.47. The van der Waals surface area contributed by atoms with Gasteiger partial charge < -0.3 is 23.6 Å². The molecule has 0 unspecified atom stereocenters. The number of hydrogen-bond acceptors (Lipinski definition) is 5. The number of benzene rings is 1. The van der Waals surface area contributed by atoms with Gasteiger partial charge in [0.2, 0.25) is 0 Å². The topological polar surface area (TPSA) is 76.0 Å². The van der Waals surface area contributed by atoms with Gasteiger partial charge in [0.25, 0.3) is 5.91 Å². The van der Waals surface area contributed by atoms with Gasteiger partial charge in [0.1, 0.15) is 23.5 Å². The van der Waals surface area contributed by atoms with E-state index in [4.69, 9.17) is 13.6 Å². The molecule has 1 saturated carbocycles. The van der Waals surface area contributed by atoms with Gasteiger partial charge in [-0.1, -0.05) is 44.4 Å². The van der Waals surface area contributed by atoms with Crippen LogP contribution < -0.4 is 4.74 Å². The van der Waals surface area contributed by atoms with Crippen LogP contribution in [0.3, 0.4) is 0 Å². The average Bonchev–Trinajstić information content (AvgIpc) is 3.19. The molecule has 2 aromatic heterocycles. The molecule has 2 heterocycles. The molecule has 1 aromatic carbocycles. The monoisotopic (exact) mass is 423 g/mol. The van der Waals surface area contributed by atoms with E-state index in [-0.39, 0.29) is 18.2 Å². The first-order valence-corrected chi connectivity index (χ1v) is 11.0. The zero-order valence-corrected chi connectivity index (χ0v) is 17.9. The minimum absolute atomic E-state index is 0.171. The van der Waals surface area contributed by atoms with Crippen LogP contribution in [0.15, 0.2) is 63.8 Å². The largest absolute Gasteiger partial charge is 0.493 e. The quantitative estimate of drug-likeness (QED) is 0.320. The molecule has 1 fully saturated rings. The van der Waals surface area contributed by atoms with E-state index >= 15 is 0 Å². The highest BCUT2D eigenvalue weighted by molar-refractivity contribution is 5.93. The van der Waals surface area contributed by atoms with Gasteiger partial charge in [-0.15, -0.1) is 0 Å². The summed E-state index contributed by atoms with van der Waals surface area (Å²) in [6, 6.07) is 12.9. The molecule has 3 aromatic rings. The molecule has 1 N–H and O–H groups in total. The number of ether oxygens (including phenoxy) is 1. The fourth-order valence-corrected chi connectivity index (χ4v) is 3.60. The third-order valence-corrected chi connectivity index (χ3v) is 5.62. The van der Waals surface area contributed by atoms with Crippen molar-refractivity contribution >= 4 is 5.91 Å². The summed E-state index contributed by atoms with van der Waals surface area (Å²) in [7, 11) is 0. The summed E-state index contributed by atoms with van der Waals surface area (Å²) >= 11 is 0. The zero-order chi connectivity index (χ0) is 21.7. The second-order valence-electron chi connectivity index (χ2n) is 8.07. The first-order valence-electron chi connectivity index (χ1n) is 11.0. The fraction of sp³-hybridized carbons (Fsp3) is 0.400. The summed E-state index contributed by atoms with van der Waals surface area (Å²) in [6.07, 6.45) is 8.67. The van der Waals surface area contributed by atoms with Gasteiger partial charge in [0.05, 0.1) is 25.0 Å². The number of carbonyl (C=O) groups is 1. The minimum Gasteiger partial charge on any atom is -0.493 e. The van der Waals surface area contributed by atoms with E-state index in [1.807, 2.05) is 24.3 Å². The van der Waals surface area contributed by atoms with Gasteiger partial charge in [-0.2, -0.15) is 0 Å². The molecule has 0 aliphatic heterocycles. The van der Waals surface area contributed by atoms with Crippen molar-refractivity contribution in [3.05, 3.63) is 66.3 Å². The second-order valence-corrected chi connectivity index (χ2v) is 8.07. The minimum atomic E-state index is -1.15. The van der Waals surface area contributed by atoms with E-state index in [0.29, 0.717) is 30.8 Å². The van der Waals surface area contributed by atoms with Crippen LogP contribution in [0.1, 0.15) is 61.6 Å². The lowest BCUT2D eigenvalue weighted by atomic mass is 10.1. The maximum Gasteiger partial charge on any atom is 0.292 e. The standard InChI is InChI=1S/C25H29NO5/c1-2-3-4-7-14-29-21-10-6-5-9-19(21)17-26(25(28)12-13-25)24(27)23-16-20(18-31-23)22-11-8-15-30-22/h5-6,8-11,15-16,18,28H,2-4,7,12-14,17H2,1H3. The third kappa shape index (κ3) is 5.02. The zero-order valence-electron chi connectivity index (χ0n) is 17.9. The number of nitrogens with zero attached hydrogens (tertiary/aromatic N) is 1. The molecule has 6 heteroatoms. The highest BCUT2D eigenvalue weighted by Gasteiger charge is 2.49. The highest BCUT2D eigenvalue weighted by Crippen LogP contribution is 2.41. The Morgan fingerprint density at radius 3 is 2.71 bits per heavy atom. The number of para-hydroxylation sites is 1. The van der Waals surface area contributed by atoms with Crippen LogP contribution in [0.25, 0.3) is 11.3 Å². The summed E-state index contributed by atoms with van der Waals surface area (Å²) in [5, 5.41) is 10.8.